The Bertz CT molecular complexity index is 712. The van der Waals surface area contributed by atoms with Crippen LogP contribution in [0.2, 0.25) is 0 Å². The summed E-state index contributed by atoms with van der Waals surface area (Å²) in [6.45, 7) is 3.16. The molecule has 1 heterocycles. The highest BCUT2D eigenvalue weighted by atomic mass is 16.5. The summed E-state index contributed by atoms with van der Waals surface area (Å²) in [6.07, 6.45) is 0. The highest BCUT2D eigenvalue weighted by Crippen LogP contribution is 2.29. The quantitative estimate of drug-likeness (QED) is 0.644. The van der Waals surface area contributed by atoms with Crippen molar-refractivity contribution >= 4 is 11.6 Å². The standard InChI is InChI=1S/C19H22N2O4/c1-24-17-4-2-3-15(13-17)18(19(22)20-23)14-5-7-16(8-6-14)21-9-11-25-12-10-21/h2-8,13,18,23H,9-12H2,1H3,(H,20,22). The van der Waals surface area contributed by atoms with Crippen LogP contribution in [-0.4, -0.2) is 44.5 Å². The van der Waals surface area contributed by atoms with E-state index in [2.05, 4.69) is 4.90 Å². The first-order valence-corrected chi connectivity index (χ1v) is 8.23. The molecule has 6 nitrogen and oxygen atoms in total. The molecule has 2 aromatic carbocycles. The minimum absolute atomic E-state index is 0.479. The van der Waals surface area contributed by atoms with Gasteiger partial charge in [-0.15, -0.1) is 0 Å². The van der Waals surface area contributed by atoms with E-state index in [9.17, 15) is 4.79 Å². The predicted octanol–water partition coefficient (Wildman–Crippen LogP) is 2.17. The lowest BCUT2D eigenvalue weighted by Gasteiger charge is -2.29. The van der Waals surface area contributed by atoms with E-state index in [1.165, 1.54) is 0 Å². The minimum Gasteiger partial charge on any atom is -0.497 e. The van der Waals surface area contributed by atoms with Crippen LogP contribution in [-0.2, 0) is 9.53 Å². The molecule has 0 bridgehead atoms. The molecule has 0 spiro atoms. The van der Waals surface area contributed by atoms with Crippen LogP contribution in [0.5, 0.6) is 5.75 Å². The first kappa shape index (κ1) is 17.3. The van der Waals surface area contributed by atoms with Gasteiger partial charge in [-0.05, 0) is 35.4 Å². The highest BCUT2D eigenvalue weighted by Gasteiger charge is 2.23. The Morgan fingerprint density at radius 1 is 1.16 bits per heavy atom. The van der Waals surface area contributed by atoms with E-state index in [0.29, 0.717) is 5.75 Å². The van der Waals surface area contributed by atoms with E-state index in [0.717, 1.165) is 43.1 Å². The molecule has 1 aliphatic heterocycles. The van der Waals surface area contributed by atoms with Gasteiger partial charge in [0.25, 0.3) is 5.91 Å². The Morgan fingerprint density at radius 3 is 2.52 bits per heavy atom. The van der Waals surface area contributed by atoms with Gasteiger partial charge in [0.1, 0.15) is 5.75 Å². The van der Waals surface area contributed by atoms with Gasteiger partial charge in [0.05, 0.1) is 26.2 Å². The van der Waals surface area contributed by atoms with Crippen molar-refractivity contribution < 1.29 is 19.5 Å². The first-order chi connectivity index (χ1) is 12.2. The van der Waals surface area contributed by atoms with Crippen molar-refractivity contribution in [2.24, 2.45) is 0 Å². The average Bonchev–Trinajstić information content (AvgIpc) is 2.69. The number of nitrogens with one attached hydrogen (secondary N) is 1. The summed E-state index contributed by atoms with van der Waals surface area (Å²) >= 11 is 0. The molecule has 0 saturated carbocycles. The van der Waals surface area contributed by atoms with Gasteiger partial charge in [-0.25, -0.2) is 5.48 Å². The van der Waals surface area contributed by atoms with Crippen LogP contribution in [0.25, 0.3) is 0 Å². The van der Waals surface area contributed by atoms with Crippen LogP contribution >= 0.6 is 0 Å². The van der Waals surface area contributed by atoms with Crippen LogP contribution in [0.15, 0.2) is 48.5 Å². The fourth-order valence-electron chi connectivity index (χ4n) is 3.08. The molecular formula is C19H22N2O4. The molecule has 1 unspecified atom stereocenters. The molecule has 3 rings (SSSR count). The lowest BCUT2D eigenvalue weighted by Crippen LogP contribution is -2.36. The molecule has 2 aromatic rings. The lowest BCUT2D eigenvalue weighted by atomic mass is 9.90. The van der Waals surface area contributed by atoms with Crippen LogP contribution in [0.3, 0.4) is 0 Å². The molecular weight excluding hydrogens is 320 g/mol. The van der Waals surface area contributed by atoms with Gasteiger partial charge in [-0.2, -0.15) is 0 Å². The summed E-state index contributed by atoms with van der Waals surface area (Å²) in [5, 5.41) is 9.16. The third-order valence-corrected chi connectivity index (χ3v) is 4.40. The smallest absolute Gasteiger partial charge is 0.255 e. The third kappa shape index (κ3) is 3.92. The summed E-state index contributed by atoms with van der Waals surface area (Å²) in [5.74, 6) is -0.426. The van der Waals surface area contributed by atoms with Crippen molar-refractivity contribution in [2.45, 2.75) is 5.92 Å². The molecule has 0 aromatic heterocycles. The summed E-state index contributed by atoms with van der Waals surface area (Å²) in [7, 11) is 1.58. The van der Waals surface area contributed by atoms with Gasteiger partial charge in [0.15, 0.2) is 0 Å². The van der Waals surface area contributed by atoms with E-state index in [1.807, 2.05) is 42.5 Å². The molecule has 132 valence electrons. The largest absolute Gasteiger partial charge is 0.497 e. The van der Waals surface area contributed by atoms with Crippen molar-refractivity contribution in [3.8, 4) is 5.75 Å². The van der Waals surface area contributed by atoms with Crippen LogP contribution in [0.4, 0.5) is 5.69 Å². The van der Waals surface area contributed by atoms with Gasteiger partial charge in [0, 0.05) is 18.8 Å². The number of hydrogen-bond donors (Lipinski definition) is 2. The number of ether oxygens (including phenoxy) is 2. The van der Waals surface area contributed by atoms with E-state index in [4.69, 9.17) is 14.7 Å². The van der Waals surface area contributed by atoms with Gasteiger partial charge in [-0.3, -0.25) is 10.0 Å². The van der Waals surface area contributed by atoms with Gasteiger partial charge in [-0.1, -0.05) is 24.3 Å². The van der Waals surface area contributed by atoms with E-state index < -0.39 is 11.8 Å². The fourth-order valence-corrected chi connectivity index (χ4v) is 3.08. The number of methoxy groups -OCH3 is 1. The monoisotopic (exact) mass is 342 g/mol. The number of anilines is 1. The van der Waals surface area contributed by atoms with Crippen molar-refractivity contribution in [2.75, 3.05) is 38.3 Å². The summed E-state index contributed by atoms with van der Waals surface area (Å²) in [5.41, 5.74) is 4.43. The Morgan fingerprint density at radius 2 is 1.88 bits per heavy atom. The molecule has 1 fully saturated rings. The Balaban J connectivity index is 1.89. The van der Waals surface area contributed by atoms with Crippen LogP contribution in [0, 0.1) is 0 Å². The number of hydroxylamine groups is 1. The topological polar surface area (TPSA) is 71.0 Å². The summed E-state index contributed by atoms with van der Waals surface area (Å²) < 4.78 is 10.6. The first-order valence-electron chi connectivity index (χ1n) is 8.23. The molecule has 25 heavy (non-hydrogen) atoms. The minimum atomic E-state index is -0.612. The number of rotatable bonds is 5. The molecule has 0 aliphatic carbocycles. The lowest BCUT2D eigenvalue weighted by molar-refractivity contribution is -0.129. The highest BCUT2D eigenvalue weighted by molar-refractivity contribution is 5.86. The van der Waals surface area contributed by atoms with Crippen molar-refractivity contribution in [3.63, 3.8) is 0 Å². The van der Waals surface area contributed by atoms with Crippen LogP contribution in [0.1, 0.15) is 17.0 Å². The van der Waals surface area contributed by atoms with Gasteiger partial charge < -0.3 is 14.4 Å². The summed E-state index contributed by atoms with van der Waals surface area (Å²) in [4.78, 5) is 14.5. The number of carbonyl (C=O) groups excluding carboxylic acids is 1. The normalized spacial score (nSPS) is 15.5. The Kier molecular flexibility index (Phi) is 5.53. The third-order valence-electron chi connectivity index (χ3n) is 4.40. The zero-order valence-electron chi connectivity index (χ0n) is 14.1. The molecule has 2 N–H and O–H groups in total. The van der Waals surface area contributed by atoms with Crippen molar-refractivity contribution in [3.05, 3.63) is 59.7 Å². The second kappa shape index (κ2) is 8.00. The molecule has 1 amide bonds. The SMILES string of the molecule is COc1cccc(C(C(=O)NO)c2ccc(N3CCOCC3)cc2)c1. The molecule has 1 aliphatic rings. The van der Waals surface area contributed by atoms with Gasteiger partial charge in [0.2, 0.25) is 0 Å². The van der Waals surface area contributed by atoms with Crippen molar-refractivity contribution in [1.82, 2.24) is 5.48 Å². The fraction of sp³-hybridized carbons (Fsp3) is 0.316. The van der Waals surface area contributed by atoms with E-state index >= 15 is 0 Å². The van der Waals surface area contributed by atoms with E-state index in [1.54, 1.807) is 18.7 Å². The maximum absolute atomic E-state index is 12.3. The molecule has 6 heteroatoms. The second-order valence-electron chi connectivity index (χ2n) is 5.88. The van der Waals surface area contributed by atoms with Gasteiger partial charge >= 0.3 is 0 Å². The number of amides is 1. The number of carbonyl (C=O) groups is 1. The number of hydrogen-bond acceptors (Lipinski definition) is 5. The van der Waals surface area contributed by atoms with E-state index in [-0.39, 0.29) is 0 Å². The van der Waals surface area contributed by atoms with Crippen molar-refractivity contribution in [1.29, 1.82) is 0 Å². The Hall–Kier alpha value is -2.57. The number of benzene rings is 2. The zero-order chi connectivity index (χ0) is 17.6. The summed E-state index contributed by atoms with van der Waals surface area (Å²) in [6, 6.07) is 15.1. The zero-order valence-corrected chi connectivity index (χ0v) is 14.1. The molecule has 0 radical (unpaired) electrons. The molecule has 1 saturated heterocycles. The average molecular weight is 342 g/mol. The predicted molar refractivity (Wildman–Crippen MR) is 94.2 cm³/mol. The maximum Gasteiger partial charge on any atom is 0.255 e. The molecule has 1 atom stereocenters. The number of nitrogens with zero attached hydrogens (tertiary/aromatic N) is 1. The maximum atomic E-state index is 12.3. The Labute approximate surface area is 146 Å². The van der Waals surface area contributed by atoms with Crippen LogP contribution < -0.4 is 15.1 Å². The second-order valence-corrected chi connectivity index (χ2v) is 5.88. The number of morpholine rings is 1.